The molecule has 3 rings (SSSR count). The number of anilines is 1. The molecular weight excluding hydrogens is 554 g/mol. The summed E-state index contributed by atoms with van der Waals surface area (Å²) in [5.74, 6) is -0.951. The van der Waals surface area contributed by atoms with Gasteiger partial charge in [0, 0.05) is 23.8 Å². The quantitative estimate of drug-likeness (QED) is 0.121. The average molecular weight is 580 g/mol. The lowest BCUT2D eigenvalue weighted by atomic mass is 10.2. The predicted octanol–water partition coefficient (Wildman–Crippen LogP) is 5.03. The topological polar surface area (TPSA) is 126 Å². The van der Waals surface area contributed by atoms with Gasteiger partial charge in [-0.05, 0) is 60.7 Å². The Hall–Kier alpha value is -5.09. The van der Waals surface area contributed by atoms with Gasteiger partial charge in [0.1, 0.15) is 43.7 Å². The van der Waals surface area contributed by atoms with Crippen LogP contribution in [0.5, 0.6) is 17.2 Å². The minimum atomic E-state index is -0.620. The summed E-state index contributed by atoms with van der Waals surface area (Å²) in [6, 6.07) is 17.0. The molecule has 10 nitrogen and oxygen atoms in total. The molecule has 0 aliphatic rings. The van der Waals surface area contributed by atoms with Gasteiger partial charge in [-0.15, -0.1) is 0 Å². The molecular formula is C30H26ClNO9. The second-order valence-electron chi connectivity index (χ2n) is 7.97. The smallest absolute Gasteiger partial charge is 0.343 e. The Labute approximate surface area is 241 Å². The van der Waals surface area contributed by atoms with E-state index in [0.29, 0.717) is 22.7 Å². The van der Waals surface area contributed by atoms with Crippen molar-refractivity contribution in [3.63, 3.8) is 0 Å². The number of benzene rings is 3. The molecule has 1 amide bonds. The zero-order valence-electron chi connectivity index (χ0n) is 21.8. The molecule has 0 heterocycles. The molecule has 0 radical (unpaired) electrons. The van der Waals surface area contributed by atoms with E-state index >= 15 is 0 Å². The van der Waals surface area contributed by atoms with Gasteiger partial charge < -0.3 is 29.0 Å². The molecule has 11 heteroatoms. The molecule has 0 unspecified atom stereocenters. The summed E-state index contributed by atoms with van der Waals surface area (Å²) in [5.41, 5.74) is 0.947. The number of esters is 3. The van der Waals surface area contributed by atoms with E-state index in [-0.39, 0.29) is 42.8 Å². The molecule has 3 aromatic rings. The highest BCUT2D eigenvalue weighted by atomic mass is 35.5. The Bertz CT molecular complexity index is 1400. The fourth-order valence-electron chi connectivity index (χ4n) is 3.13. The molecule has 0 saturated heterocycles. The van der Waals surface area contributed by atoms with Crippen LogP contribution >= 0.6 is 11.6 Å². The van der Waals surface area contributed by atoms with Crippen molar-refractivity contribution in [3.8, 4) is 17.2 Å². The number of rotatable bonds is 14. The summed E-state index contributed by atoms with van der Waals surface area (Å²) in [7, 11) is 0. The third-order valence-electron chi connectivity index (χ3n) is 5.13. The van der Waals surface area contributed by atoms with Crippen LogP contribution in [0.15, 0.2) is 92.0 Å². The van der Waals surface area contributed by atoms with Gasteiger partial charge in [-0.1, -0.05) is 24.8 Å². The normalized spacial score (nSPS) is 10.1. The number of ether oxygens (including phenoxy) is 5. The van der Waals surface area contributed by atoms with E-state index in [9.17, 15) is 19.2 Å². The summed E-state index contributed by atoms with van der Waals surface area (Å²) in [4.78, 5) is 47.2. The summed E-state index contributed by atoms with van der Waals surface area (Å²) in [6.45, 7) is 7.02. The van der Waals surface area contributed by atoms with Gasteiger partial charge in [0.05, 0.1) is 16.3 Å². The van der Waals surface area contributed by atoms with Crippen molar-refractivity contribution in [1.82, 2.24) is 0 Å². The van der Waals surface area contributed by atoms with Crippen molar-refractivity contribution in [2.24, 2.45) is 0 Å². The van der Waals surface area contributed by atoms with Crippen molar-refractivity contribution in [2.45, 2.75) is 0 Å². The first-order valence-electron chi connectivity index (χ1n) is 12.2. The highest BCUT2D eigenvalue weighted by Gasteiger charge is 2.13. The lowest BCUT2D eigenvalue weighted by Gasteiger charge is -2.11. The van der Waals surface area contributed by atoms with Crippen molar-refractivity contribution >= 4 is 41.1 Å². The maximum atomic E-state index is 12.6. The van der Waals surface area contributed by atoms with Crippen LogP contribution < -0.4 is 19.5 Å². The second-order valence-corrected chi connectivity index (χ2v) is 8.38. The molecule has 0 bridgehead atoms. The SMILES string of the molecule is C=CC(=O)OCCOc1ccc(C(=O)Nc2ccc(OC(=O)c3ccc(OCCOC(=O)C=C)cc3)cc2Cl)cc1. The van der Waals surface area contributed by atoms with Crippen LogP contribution in [0.2, 0.25) is 5.02 Å². The fraction of sp³-hybridized carbons (Fsp3) is 0.133. The maximum Gasteiger partial charge on any atom is 0.343 e. The number of carbonyl (C=O) groups excluding carboxylic acids is 4. The largest absolute Gasteiger partial charge is 0.490 e. The highest BCUT2D eigenvalue weighted by Crippen LogP contribution is 2.28. The fourth-order valence-corrected chi connectivity index (χ4v) is 3.35. The van der Waals surface area contributed by atoms with E-state index in [1.54, 1.807) is 36.4 Å². The first kappa shape index (κ1) is 30.5. The molecule has 1 N–H and O–H groups in total. The molecule has 212 valence electrons. The maximum absolute atomic E-state index is 12.6. The standard InChI is InChI=1S/C30H26ClNO9/c1-3-27(33)39-17-15-37-22-9-5-20(6-10-22)29(35)32-26-14-13-24(19-25(26)31)41-30(36)21-7-11-23(12-8-21)38-16-18-40-28(34)4-2/h3-14,19H,1-2,15-18H2,(H,32,35). The van der Waals surface area contributed by atoms with Gasteiger partial charge in [-0.25, -0.2) is 14.4 Å². The molecule has 0 atom stereocenters. The number of nitrogens with one attached hydrogen (secondary N) is 1. The minimum Gasteiger partial charge on any atom is -0.490 e. The Morgan fingerprint density at radius 1 is 0.683 bits per heavy atom. The molecule has 0 fully saturated rings. The van der Waals surface area contributed by atoms with Crippen molar-refractivity contribution in [3.05, 3.63) is 108 Å². The Morgan fingerprint density at radius 3 is 1.66 bits per heavy atom. The summed E-state index contributed by atoms with van der Waals surface area (Å²) >= 11 is 6.31. The zero-order chi connectivity index (χ0) is 29.6. The van der Waals surface area contributed by atoms with E-state index in [0.717, 1.165) is 12.2 Å². The first-order valence-corrected chi connectivity index (χ1v) is 12.5. The van der Waals surface area contributed by atoms with Crippen molar-refractivity contribution in [1.29, 1.82) is 0 Å². The van der Waals surface area contributed by atoms with Crippen molar-refractivity contribution in [2.75, 3.05) is 31.7 Å². The zero-order valence-corrected chi connectivity index (χ0v) is 22.6. The van der Waals surface area contributed by atoms with E-state index in [4.69, 9.17) is 35.3 Å². The Kier molecular flexibility index (Phi) is 11.5. The summed E-state index contributed by atoms with van der Waals surface area (Å²) in [5, 5.41) is 2.87. The number of hydrogen-bond donors (Lipinski definition) is 1. The first-order chi connectivity index (χ1) is 19.8. The average Bonchev–Trinajstić information content (AvgIpc) is 2.99. The van der Waals surface area contributed by atoms with Gasteiger partial charge in [0.25, 0.3) is 5.91 Å². The van der Waals surface area contributed by atoms with E-state index in [2.05, 4.69) is 18.5 Å². The van der Waals surface area contributed by atoms with Crippen LogP contribution in [0.4, 0.5) is 5.69 Å². The van der Waals surface area contributed by atoms with Crippen LogP contribution in [0.3, 0.4) is 0 Å². The van der Waals surface area contributed by atoms with Gasteiger partial charge in [0.15, 0.2) is 0 Å². The molecule has 0 saturated carbocycles. The molecule has 0 aliphatic carbocycles. The highest BCUT2D eigenvalue weighted by molar-refractivity contribution is 6.34. The van der Waals surface area contributed by atoms with Gasteiger partial charge in [-0.2, -0.15) is 0 Å². The number of carbonyl (C=O) groups is 4. The lowest BCUT2D eigenvalue weighted by Crippen LogP contribution is -2.13. The molecule has 41 heavy (non-hydrogen) atoms. The van der Waals surface area contributed by atoms with Crippen LogP contribution in [0.25, 0.3) is 0 Å². The monoisotopic (exact) mass is 579 g/mol. The Morgan fingerprint density at radius 2 is 1.17 bits per heavy atom. The Balaban J connectivity index is 1.49. The van der Waals surface area contributed by atoms with Gasteiger partial charge in [-0.3, -0.25) is 4.79 Å². The van der Waals surface area contributed by atoms with Crippen LogP contribution in [0.1, 0.15) is 20.7 Å². The number of halogens is 1. The van der Waals surface area contributed by atoms with E-state index in [1.165, 1.54) is 30.3 Å². The number of amides is 1. The van der Waals surface area contributed by atoms with Crippen LogP contribution in [-0.2, 0) is 19.1 Å². The van der Waals surface area contributed by atoms with Crippen molar-refractivity contribution < 1.29 is 42.9 Å². The lowest BCUT2D eigenvalue weighted by molar-refractivity contribution is -0.139. The van der Waals surface area contributed by atoms with Crippen LogP contribution in [-0.4, -0.2) is 50.2 Å². The third-order valence-corrected chi connectivity index (χ3v) is 5.44. The van der Waals surface area contributed by atoms with E-state index < -0.39 is 23.8 Å². The van der Waals surface area contributed by atoms with Crippen LogP contribution in [0, 0.1) is 0 Å². The minimum absolute atomic E-state index is 0.0606. The second kappa shape index (κ2) is 15.5. The molecule has 0 aromatic heterocycles. The summed E-state index contributed by atoms with van der Waals surface area (Å²) in [6.07, 6.45) is 2.13. The van der Waals surface area contributed by atoms with Gasteiger partial charge >= 0.3 is 17.9 Å². The van der Waals surface area contributed by atoms with Gasteiger partial charge in [0.2, 0.25) is 0 Å². The molecule has 3 aromatic carbocycles. The predicted molar refractivity (Wildman–Crippen MR) is 151 cm³/mol. The van der Waals surface area contributed by atoms with E-state index in [1.807, 2.05) is 0 Å². The number of hydrogen-bond acceptors (Lipinski definition) is 9. The third kappa shape index (κ3) is 9.86. The molecule has 0 aliphatic heterocycles. The molecule has 0 spiro atoms. The summed E-state index contributed by atoms with van der Waals surface area (Å²) < 4.78 is 25.9.